The Hall–Kier alpha value is -0.530. The van der Waals surface area contributed by atoms with Crippen LogP contribution >= 0.6 is 27.5 Å². The third kappa shape index (κ3) is 1.35. The molecule has 2 rings (SSSR count). The standard InChI is InChI=1S/C10H5BrCl/c11-10-3-1-2-7-4-5-8(12)6-9(7)10/h1-2,4-6H. The monoisotopic (exact) mass is 239 g/mol. The van der Waals surface area contributed by atoms with Gasteiger partial charge in [0.05, 0.1) is 0 Å². The zero-order chi connectivity index (χ0) is 8.55. The summed E-state index contributed by atoms with van der Waals surface area (Å²) in [4.78, 5) is 0. The lowest BCUT2D eigenvalue weighted by molar-refractivity contribution is 1.69. The average molecular weight is 241 g/mol. The van der Waals surface area contributed by atoms with Crippen molar-refractivity contribution in [2.75, 3.05) is 0 Å². The second kappa shape index (κ2) is 3.08. The van der Waals surface area contributed by atoms with Crippen LogP contribution < -0.4 is 0 Å². The summed E-state index contributed by atoms with van der Waals surface area (Å²) < 4.78 is 0.961. The van der Waals surface area contributed by atoms with Gasteiger partial charge in [-0.25, -0.2) is 0 Å². The molecule has 0 nitrogen and oxygen atoms in total. The molecule has 0 fully saturated rings. The summed E-state index contributed by atoms with van der Waals surface area (Å²) in [5.74, 6) is 0. The van der Waals surface area contributed by atoms with Crippen LogP contribution in [0.15, 0.2) is 34.8 Å². The fourth-order valence-electron chi connectivity index (χ4n) is 1.15. The minimum Gasteiger partial charge on any atom is -0.0843 e. The van der Waals surface area contributed by atoms with Gasteiger partial charge in [0.2, 0.25) is 0 Å². The molecule has 0 saturated heterocycles. The highest BCUT2D eigenvalue weighted by molar-refractivity contribution is 9.10. The van der Waals surface area contributed by atoms with Gasteiger partial charge in [0.15, 0.2) is 0 Å². The fourth-order valence-corrected chi connectivity index (χ4v) is 1.79. The second-order valence-corrected chi connectivity index (χ2v) is 3.75. The number of rotatable bonds is 0. The van der Waals surface area contributed by atoms with E-state index >= 15 is 0 Å². The fraction of sp³-hybridized carbons (Fsp3) is 0. The minimum atomic E-state index is 0.753. The Kier molecular flexibility index (Phi) is 2.07. The van der Waals surface area contributed by atoms with Crippen molar-refractivity contribution < 1.29 is 0 Å². The summed E-state index contributed by atoms with van der Waals surface area (Å²) in [6.07, 6.45) is 0. The quantitative estimate of drug-likeness (QED) is 0.651. The maximum Gasteiger partial charge on any atom is 0.0412 e. The molecule has 0 aliphatic carbocycles. The molecule has 0 aliphatic heterocycles. The van der Waals surface area contributed by atoms with Gasteiger partial charge >= 0.3 is 0 Å². The molecule has 0 unspecified atom stereocenters. The summed E-state index contributed by atoms with van der Waals surface area (Å²) in [6, 6.07) is 12.8. The molecule has 2 aromatic carbocycles. The van der Waals surface area contributed by atoms with E-state index in [-0.39, 0.29) is 0 Å². The summed E-state index contributed by atoms with van der Waals surface area (Å²) >= 11 is 9.27. The lowest BCUT2D eigenvalue weighted by Crippen LogP contribution is -1.73. The van der Waals surface area contributed by atoms with Crippen LogP contribution in [0, 0.1) is 6.07 Å². The van der Waals surface area contributed by atoms with Gasteiger partial charge in [0, 0.05) is 9.50 Å². The normalized spacial score (nSPS) is 10.5. The highest BCUT2D eigenvalue weighted by Crippen LogP contribution is 2.25. The van der Waals surface area contributed by atoms with Crippen molar-refractivity contribution >= 4 is 38.3 Å². The second-order valence-electron chi connectivity index (χ2n) is 2.52. The molecule has 12 heavy (non-hydrogen) atoms. The van der Waals surface area contributed by atoms with Crippen molar-refractivity contribution in [1.29, 1.82) is 0 Å². The van der Waals surface area contributed by atoms with E-state index in [0.717, 1.165) is 14.9 Å². The van der Waals surface area contributed by atoms with Crippen LogP contribution in [0.3, 0.4) is 0 Å². The Balaban J connectivity index is 2.88. The van der Waals surface area contributed by atoms with E-state index in [9.17, 15) is 0 Å². The van der Waals surface area contributed by atoms with Crippen molar-refractivity contribution in [2.24, 2.45) is 0 Å². The average Bonchev–Trinajstić information content (AvgIpc) is 2.07. The van der Waals surface area contributed by atoms with Gasteiger partial charge in [-0.15, -0.1) is 0 Å². The summed E-state index contributed by atoms with van der Waals surface area (Å²) in [5.41, 5.74) is 0. The molecule has 2 aromatic rings. The first-order valence-electron chi connectivity index (χ1n) is 3.53. The molecule has 0 aliphatic rings. The molecule has 0 amide bonds. The molecule has 0 heterocycles. The maximum atomic E-state index is 5.86. The van der Waals surface area contributed by atoms with Gasteiger partial charge in [-0.1, -0.05) is 29.8 Å². The van der Waals surface area contributed by atoms with Crippen molar-refractivity contribution in [3.05, 3.63) is 45.9 Å². The third-order valence-corrected chi connectivity index (χ3v) is 2.62. The predicted molar refractivity (Wildman–Crippen MR) is 55.5 cm³/mol. The molecule has 2 heteroatoms. The summed E-state index contributed by atoms with van der Waals surface area (Å²) in [6.45, 7) is 0. The smallest absolute Gasteiger partial charge is 0.0412 e. The van der Waals surface area contributed by atoms with Gasteiger partial charge in [-0.2, -0.15) is 0 Å². The van der Waals surface area contributed by atoms with Crippen LogP contribution in [0.2, 0.25) is 5.02 Å². The molecular weight excluding hydrogens is 235 g/mol. The molecule has 0 atom stereocenters. The van der Waals surface area contributed by atoms with Crippen LogP contribution in [0.5, 0.6) is 0 Å². The van der Waals surface area contributed by atoms with Crippen LogP contribution in [-0.2, 0) is 0 Å². The molecule has 59 valence electrons. The van der Waals surface area contributed by atoms with E-state index in [2.05, 4.69) is 22.0 Å². The van der Waals surface area contributed by atoms with Gasteiger partial charge in [0.25, 0.3) is 0 Å². The molecule has 1 radical (unpaired) electrons. The minimum absolute atomic E-state index is 0.753. The summed E-state index contributed by atoms with van der Waals surface area (Å²) in [5, 5.41) is 3.03. The van der Waals surface area contributed by atoms with Crippen LogP contribution in [0.4, 0.5) is 0 Å². The van der Waals surface area contributed by atoms with E-state index in [0.29, 0.717) is 0 Å². The first-order valence-corrected chi connectivity index (χ1v) is 4.70. The van der Waals surface area contributed by atoms with Crippen LogP contribution in [0.1, 0.15) is 0 Å². The number of benzene rings is 2. The van der Waals surface area contributed by atoms with Crippen molar-refractivity contribution in [2.45, 2.75) is 0 Å². The van der Waals surface area contributed by atoms with Crippen LogP contribution in [-0.4, -0.2) is 0 Å². The number of halogens is 2. The maximum absolute atomic E-state index is 5.86. The molecule has 0 spiro atoms. The number of fused-ring (bicyclic) bond motifs is 1. The van der Waals surface area contributed by atoms with E-state index in [1.165, 1.54) is 5.39 Å². The van der Waals surface area contributed by atoms with E-state index < -0.39 is 0 Å². The molecular formula is C10H5BrCl. The first kappa shape index (κ1) is 8.09. The Morgan fingerprint density at radius 2 is 2.08 bits per heavy atom. The van der Waals surface area contributed by atoms with Crippen molar-refractivity contribution in [1.82, 2.24) is 0 Å². The third-order valence-electron chi connectivity index (χ3n) is 1.72. The molecule has 0 N–H and O–H groups in total. The summed E-state index contributed by atoms with van der Waals surface area (Å²) in [7, 11) is 0. The van der Waals surface area contributed by atoms with Gasteiger partial charge in [-0.05, 0) is 44.9 Å². The zero-order valence-electron chi connectivity index (χ0n) is 6.14. The van der Waals surface area contributed by atoms with Crippen molar-refractivity contribution in [3.63, 3.8) is 0 Å². The van der Waals surface area contributed by atoms with E-state index in [1.807, 2.05) is 30.3 Å². The largest absolute Gasteiger partial charge is 0.0843 e. The number of hydrogen-bond acceptors (Lipinski definition) is 0. The molecule has 0 bridgehead atoms. The zero-order valence-corrected chi connectivity index (χ0v) is 8.48. The van der Waals surface area contributed by atoms with Gasteiger partial charge < -0.3 is 0 Å². The Labute approximate surface area is 84.3 Å². The molecule has 0 saturated carbocycles. The number of hydrogen-bond donors (Lipinski definition) is 0. The van der Waals surface area contributed by atoms with E-state index in [4.69, 9.17) is 11.6 Å². The lowest BCUT2D eigenvalue weighted by Gasteiger charge is -1.99. The highest BCUT2D eigenvalue weighted by Gasteiger charge is 1.97. The van der Waals surface area contributed by atoms with E-state index in [1.54, 1.807) is 0 Å². The predicted octanol–water partition coefficient (Wildman–Crippen LogP) is 4.06. The molecule has 0 aromatic heterocycles. The topological polar surface area (TPSA) is 0 Å². The van der Waals surface area contributed by atoms with Crippen molar-refractivity contribution in [3.8, 4) is 0 Å². The lowest BCUT2D eigenvalue weighted by atomic mass is 10.1. The Morgan fingerprint density at radius 1 is 1.25 bits per heavy atom. The Morgan fingerprint density at radius 3 is 2.92 bits per heavy atom. The Bertz CT molecular complexity index is 423. The highest BCUT2D eigenvalue weighted by atomic mass is 79.9. The van der Waals surface area contributed by atoms with Crippen LogP contribution in [0.25, 0.3) is 10.8 Å². The first-order chi connectivity index (χ1) is 5.77. The van der Waals surface area contributed by atoms with Gasteiger partial charge in [0.1, 0.15) is 0 Å². The SMILES string of the molecule is Clc1ccc2cc[c]c(Br)c2c1. The van der Waals surface area contributed by atoms with Gasteiger partial charge in [-0.3, -0.25) is 0 Å².